The summed E-state index contributed by atoms with van der Waals surface area (Å²) in [6.07, 6.45) is -0.588. The Morgan fingerprint density at radius 2 is 1.04 bits per heavy atom. The Balaban J connectivity index is 0.000000208. The number of ether oxygens (including phenoxy) is 3. The highest BCUT2D eigenvalue weighted by Crippen LogP contribution is 2.44. The number of phenolic OH excluding ortho intramolecular Hbond substituents is 1. The number of alkyl halides is 7. The summed E-state index contributed by atoms with van der Waals surface area (Å²) >= 11 is 5.59. The van der Waals surface area contributed by atoms with Gasteiger partial charge in [-0.05, 0) is 174 Å². The topological polar surface area (TPSA) is 88.5 Å². The van der Waals surface area contributed by atoms with Crippen LogP contribution < -0.4 is 14.5 Å². The van der Waals surface area contributed by atoms with Crippen molar-refractivity contribution in [1.29, 1.82) is 0 Å². The van der Waals surface area contributed by atoms with Gasteiger partial charge < -0.3 is 19.3 Å². The zero-order chi connectivity index (χ0) is 48.9. The van der Waals surface area contributed by atoms with Crippen LogP contribution in [0.4, 0.5) is 47.3 Å². The van der Waals surface area contributed by atoms with Gasteiger partial charge in [0, 0.05) is 19.0 Å². The van der Waals surface area contributed by atoms with Gasteiger partial charge in [0.15, 0.2) is 0 Å². The molecule has 0 atom stereocenters. The lowest BCUT2D eigenvalue weighted by atomic mass is 9.91. The van der Waals surface area contributed by atoms with Gasteiger partial charge in [0.2, 0.25) is 0 Å². The molecule has 2 aliphatic heterocycles. The SMILES string of the molecule is C.CC(C)(C)OC(=O)N1CCc2cc(O)ccc21.CC(C)(C)OC(=O)N1CCc2cc(OCc3ccc(C4CCCC4)c(C(F)(F)F)c3)ccc21.FC(F)(F)c1cc(CCl)ccc1C1CCCC1. The molecular weight excluding hydrogens is 910 g/mol. The highest BCUT2D eigenvalue weighted by Gasteiger charge is 2.38. The van der Waals surface area contributed by atoms with Gasteiger partial charge >= 0.3 is 24.5 Å². The van der Waals surface area contributed by atoms with E-state index in [0.717, 1.165) is 80.3 Å². The molecule has 2 fully saturated rings. The fourth-order valence-corrected chi connectivity index (χ4v) is 9.26. The maximum absolute atomic E-state index is 13.7. The third-order valence-electron chi connectivity index (χ3n) is 12.1. The lowest BCUT2D eigenvalue weighted by molar-refractivity contribution is -0.139. The quantitative estimate of drug-likeness (QED) is 0.153. The van der Waals surface area contributed by atoms with Crippen LogP contribution in [0.15, 0.2) is 72.8 Å². The molecule has 0 unspecified atom stereocenters. The molecule has 372 valence electrons. The molecule has 4 aromatic carbocycles. The van der Waals surface area contributed by atoms with E-state index in [-0.39, 0.29) is 43.6 Å². The average molecular weight is 976 g/mol. The maximum Gasteiger partial charge on any atom is 0.416 e. The van der Waals surface area contributed by atoms with Crippen molar-refractivity contribution < 1.29 is 55.2 Å². The molecule has 0 radical (unpaired) electrons. The Morgan fingerprint density at radius 1 is 0.618 bits per heavy atom. The van der Waals surface area contributed by atoms with Crippen molar-refractivity contribution in [2.75, 3.05) is 22.9 Å². The third kappa shape index (κ3) is 14.2. The van der Waals surface area contributed by atoms with Crippen molar-refractivity contribution in [2.45, 2.75) is 161 Å². The number of hydrogen-bond donors (Lipinski definition) is 1. The minimum atomic E-state index is -4.38. The predicted octanol–water partition coefficient (Wildman–Crippen LogP) is 15.7. The number of carbonyl (C=O) groups is 2. The zero-order valence-corrected chi connectivity index (χ0v) is 39.8. The van der Waals surface area contributed by atoms with E-state index < -0.39 is 40.8 Å². The molecule has 0 bridgehead atoms. The minimum absolute atomic E-state index is 0. The number of aromatic hydroxyl groups is 1. The molecule has 0 spiro atoms. The minimum Gasteiger partial charge on any atom is -0.508 e. The van der Waals surface area contributed by atoms with Crippen molar-refractivity contribution in [1.82, 2.24) is 0 Å². The van der Waals surface area contributed by atoms with E-state index in [2.05, 4.69) is 0 Å². The lowest BCUT2D eigenvalue weighted by Gasteiger charge is -2.24. The number of anilines is 2. The van der Waals surface area contributed by atoms with E-state index in [4.69, 9.17) is 25.8 Å². The van der Waals surface area contributed by atoms with E-state index in [0.29, 0.717) is 47.5 Å². The fraction of sp³-hybridized carbons (Fsp3) is 0.509. The Bertz CT molecular complexity index is 2360. The highest BCUT2D eigenvalue weighted by molar-refractivity contribution is 6.17. The van der Waals surface area contributed by atoms with Gasteiger partial charge in [-0.3, -0.25) is 9.80 Å². The molecule has 0 saturated heterocycles. The molecule has 2 heterocycles. The van der Waals surface area contributed by atoms with Crippen LogP contribution in [-0.4, -0.2) is 41.6 Å². The van der Waals surface area contributed by atoms with Gasteiger partial charge in [-0.15, -0.1) is 11.6 Å². The number of halogens is 7. The molecule has 4 aliphatic rings. The second-order valence-corrected chi connectivity index (χ2v) is 19.9. The summed E-state index contributed by atoms with van der Waals surface area (Å²) in [5, 5.41) is 9.37. The van der Waals surface area contributed by atoms with Crippen LogP contribution >= 0.6 is 11.6 Å². The smallest absolute Gasteiger partial charge is 0.416 e. The summed E-state index contributed by atoms with van der Waals surface area (Å²) in [5.74, 6) is 0.967. The summed E-state index contributed by atoms with van der Waals surface area (Å²) in [4.78, 5) is 27.6. The molecule has 0 aromatic heterocycles. The monoisotopic (exact) mass is 974 g/mol. The molecule has 8 rings (SSSR count). The zero-order valence-electron chi connectivity index (χ0n) is 39.0. The van der Waals surface area contributed by atoms with Crippen LogP contribution in [0.1, 0.15) is 157 Å². The molecule has 15 heteroatoms. The van der Waals surface area contributed by atoms with Crippen molar-refractivity contribution in [3.8, 4) is 11.5 Å². The van der Waals surface area contributed by atoms with Gasteiger partial charge in [-0.25, -0.2) is 9.59 Å². The molecule has 68 heavy (non-hydrogen) atoms. The first-order valence-electron chi connectivity index (χ1n) is 22.9. The van der Waals surface area contributed by atoms with Gasteiger partial charge in [0.05, 0.1) is 22.5 Å². The van der Waals surface area contributed by atoms with Crippen molar-refractivity contribution in [3.63, 3.8) is 0 Å². The fourth-order valence-electron chi connectivity index (χ4n) is 9.09. The summed E-state index contributed by atoms with van der Waals surface area (Å²) in [6.45, 7) is 12.2. The van der Waals surface area contributed by atoms with Crippen molar-refractivity contribution in [3.05, 3.63) is 117 Å². The second-order valence-electron chi connectivity index (χ2n) is 19.6. The molecular formula is C53H65ClF6N2O6. The van der Waals surface area contributed by atoms with Gasteiger partial charge in [-0.1, -0.05) is 57.4 Å². The number of rotatable bonds is 6. The van der Waals surface area contributed by atoms with Crippen LogP contribution in [0.3, 0.4) is 0 Å². The Kier molecular flexibility index (Phi) is 17.5. The Hall–Kier alpha value is -5.11. The average Bonchev–Trinajstić information content (AvgIpc) is 4.09. The molecule has 1 N–H and O–H groups in total. The number of carbonyl (C=O) groups excluding carboxylic acids is 2. The van der Waals surface area contributed by atoms with E-state index >= 15 is 0 Å². The summed E-state index contributed by atoms with van der Waals surface area (Å²) < 4.78 is 96.7. The lowest BCUT2D eigenvalue weighted by Crippen LogP contribution is -2.35. The first-order chi connectivity index (χ1) is 31.4. The summed E-state index contributed by atoms with van der Waals surface area (Å²) in [7, 11) is 0. The summed E-state index contributed by atoms with van der Waals surface area (Å²) in [5.41, 5.74) is 3.30. The van der Waals surface area contributed by atoms with Gasteiger partial charge in [0.25, 0.3) is 0 Å². The number of benzene rings is 4. The highest BCUT2D eigenvalue weighted by atomic mass is 35.5. The molecule has 2 saturated carbocycles. The van der Waals surface area contributed by atoms with Gasteiger partial charge in [-0.2, -0.15) is 26.3 Å². The number of hydrogen-bond acceptors (Lipinski definition) is 6. The number of nitrogens with zero attached hydrogens (tertiary/aromatic N) is 2. The maximum atomic E-state index is 13.7. The van der Waals surface area contributed by atoms with Gasteiger partial charge in [0.1, 0.15) is 29.3 Å². The molecule has 2 aliphatic carbocycles. The number of amides is 2. The van der Waals surface area contributed by atoms with E-state index in [1.54, 1.807) is 64.4 Å². The van der Waals surface area contributed by atoms with Crippen molar-refractivity contribution >= 4 is 35.2 Å². The van der Waals surface area contributed by atoms with Crippen LogP contribution in [0.5, 0.6) is 11.5 Å². The third-order valence-corrected chi connectivity index (χ3v) is 12.4. The van der Waals surface area contributed by atoms with Crippen LogP contribution in [0.25, 0.3) is 0 Å². The van der Waals surface area contributed by atoms with E-state index in [1.165, 1.54) is 12.1 Å². The largest absolute Gasteiger partial charge is 0.508 e. The van der Waals surface area contributed by atoms with E-state index in [1.807, 2.05) is 47.6 Å². The first kappa shape index (κ1) is 53.8. The second kappa shape index (κ2) is 22.1. The molecule has 2 amide bonds. The van der Waals surface area contributed by atoms with E-state index in [9.17, 15) is 41.0 Å². The summed E-state index contributed by atoms with van der Waals surface area (Å²) in [6, 6.07) is 19.5. The normalized spacial score (nSPS) is 16.2. The Labute approximate surface area is 401 Å². The standard InChI is InChI=1S/C26H30F3NO3.C13H14ClF3.C13H17NO3.CH4/c1-25(2,3)33-24(31)30-13-12-19-15-20(9-11-23(19)30)32-16-17-8-10-21(18-6-4-5-7-18)22(14-17)26(27,28)29;14-8-9-5-6-11(10-3-1-2-4-10)12(7-9)13(15,16)17;1-13(2,3)17-12(16)14-7-6-9-8-10(15)4-5-11(9)14;/h8-11,14-15,18H,4-7,12-13,16H2,1-3H3;5-7,10H,1-4,8H2;4-5,8,15H,6-7H2,1-3H3;1H4. The number of fused-ring (bicyclic) bond motifs is 2. The van der Waals surface area contributed by atoms with Crippen LogP contribution in [-0.2, 0) is 47.2 Å². The van der Waals surface area contributed by atoms with Crippen LogP contribution in [0.2, 0.25) is 0 Å². The Morgan fingerprint density at radius 3 is 1.49 bits per heavy atom. The van der Waals surface area contributed by atoms with Crippen molar-refractivity contribution in [2.24, 2.45) is 0 Å². The number of phenols is 1. The molecule has 4 aromatic rings. The molecule has 8 nitrogen and oxygen atoms in total. The predicted molar refractivity (Wildman–Crippen MR) is 255 cm³/mol. The van der Waals surface area contributed by atoms with Crippen LogP contribution in [0, 0.1) is 0 Å². The first-order valence-corrected chi connectivity index (χ1v) is 23.5.